The Hall–Kier alpha value is -3.19. The lowest BCUT2D eigenvalue weighted by Gasteiger charge is -2.09. The van der Waals surface area contributed by atoms with Crippen LogP contribution in [0.25, 0.3) is 0 Å². The number of aromatic nitrogens is 1. The standard InChI is InChI=1S/C19H18FN3O3/c20-18-6-5-16(26-15-3-1-13(2-4-15)7-8-21)9-17(18)19(24)22-10-14-11-23-25-12-14/h1-6,9,11-12H,7-8,10,21H2,(H,22,24). The molecule has 0 radical (unpaired) electrons. The van der Waals surface area contributed by atoms with Crippen molar-refractivity contribution in [1.82, 2.24) is 10.5 Å². The molecule has 0 saturated carbocycles. The van der Waals surface area contributed by atoms with Crippen molar-refractivity contribution in [2.24, 2.45) is 5.73 Å². The molecule has 0 bridgehead atoms. The lowest BCUT2D eigenvalue weighted by molar-refractivity contribution is 0.0946. The Morgan fingerprint density at radius 3 is 2.62 bits per heavy atom. The van der Waals surface area contributed by atoms with Crippen LogP contribution in [0.4, 0.5) is 4.39 Å². The first-order valence-corrected chi connectivity index (χ1v) is 8.08. The van der Waals surface area contributed by atoms with Crippen molar-refractivity contribution >= 4 is 5.91 Å². The maximum Gasteiger partial charge on any atom is 0.254 e. The molecule has 1 aromatic heterocycles. The third-order valence-electron chi connectivity index (χ3n) is 3.71. The van der Waals surface area contributed by atoms with Gasteiger partial charge in [0.05, 0.1) is 11.8 Å². The van der Waals surface area contributed by atoms with Crippen LogP contribution < -0.4 is 15.8 Å². The van der Waals surface area contributed by atoms with E-state index in [0.717, 1.165) is 12.0 Å². The quantitative estimate of drug-likeness (QED) is 0.680. The molecule has 134 valence electrons. The van der Waals surface area contributed by atoms with Crippen molar-refractivity contribution < 1.29 is 18.4 Å². The second kappa shape index (κ2) is 8.26. The van der Waals surface area contributed by atoms with Crippen molar-refractivity contribution in [3.63, 3.8) is 0 Å². The summed E-state index contributed by atoms with van der Waals surface area (Å²) in [6.45, 7) is 0.765. The number of hydrogen-bond donors (Lipinski definition) is 2. The Labute approximate surface area is 149 Å². The molecule has 0 unspecified atom stereocenters. The molecule has 1 amide bonds. The highest BCUT2D eigenvalue weighted by Crippen LogP contribution is 2.24. The number of nitrogens with zero attached hydrogens (tertiary/aromatic N) is 1. The molecule has 0 aliphatic rings. The molecular weight excluding hydrogens is 337 g/mol. The minimum absolute atomic E-state index is 0.0984. The van der Waals surface area contributed by atoms with Crippen molar-refractivity contribution in [3.05, 3.63) is 77.4 Å². The van der Waals surface area contributed by atoms with Crippen LogP contribution >= 0.6 is 0 Å². The highest BCUT2D eigenvalue weighted by atomic mass is 19.1. The molecule has 0 aliphatic carbocycles. The predicted octanol–water partition coefficient (Wildman–Crippen LogP) is 3.04. The molecule has 3 N–H and O–H groups in total. The fourth-order valence-electron chi connectivity index (χ4n) is 2.36. The summed E-state index contributed by atoms with van der Waals surface area (Å²) in [5.74, 6) is -0.216. The number of nitrogens with two attached hydrogens (primary N) is 1. The van der Waals surface area contributed by atoms with Crippen molar-refractivity contribution in [1.29, 1.82) is 0 Å². The van der Waals surface area contributed by atoms with Gasteiger partial charge in [0.25, 0.3) is 5.91 Å². The molecule has 0 atom stereocenters. The lowest BCUT2D eigenvalue weighted by Crippen LogP contribution is -2.23. The van der Waals surface area contributed by atoms with E-state index in [2.05, 4.69) is 15.0 Å². The molecule has 0 aliphatic heterocycles. The van der Waals surface area contributed by atoms with Crippen LogP contribution in [-0.4, -0.2) is 17.6 Å². The summed E-state index contributed by atoms with van der Waals surface area (Å²) in [4.78, 5) is 12.2. The van der Waals surface area contributed by atoms with Crippen LogP contribution in [0.15, 0.2) is 59.4 Å². The summed E-state index contributed by atoms with van der Waals surface area (Å²) in [7, 11) is 0. The topological polar surface area (TPSA) is 90.4 Å². The van der Waals surface area contributed by atoms with E-state index >= 15 is 0 Å². The fraction of sp³-hybridized carbons (Fsp3) is 0.158. The van der Waals surface area contributed by atoms with Crippen molar-refractivity contribution in [2.45, 2.75) is 13.0 Å². The minimum atomic E-state index is -0.626. The largest absolute Gasteiger partial charge is 0.457 e. The maximum atomic E-state index is 14.0. The second-order valence-electron chi connectivity index (χ2n) is 5.64. The number of hydrogen-bond acceptors (Lipinski definition) is 5. The summed E-state index contributed by atoms with van der Waals surface area (Å²) in [6.07, 6.45) is 3.67. The van der Waals surface area contributed by atoms with Gasteiger partial charge in [-0.05, 0) is 48.9 Å². The average molecular weight is 355 g/mol. The Balaban J connectivity index is 1.69. The molecule has 2 aromatic carbocycles. The van der Waals surface area contributed by atoms with Crippen LogP contribution in [0, 0.1) is 5.82 Å². The summed E-state index contributed by atoms with van der Waals surface area (Å²) in [5, 5.41) is 6.15. The van der Waals surface area contributed by atoms with Gasteiger partial charge in [-0.3, -0.25) is 4.79 Å². The summed E-state index contributed by atoms with van der Waals surface area (Å²) >= 11 is 0. The molecule has 3 aromatic rings. The van der Waals surface area contributed by atoms with Gasteiger partial charge in [-0.25, -0.2) is 4.39 Å². The zero-order valence-electron chi connectivity index (χ0n) is 13.9. The molecular formula is C19H18FN3O3. The van der Waals surface area contributed by atoms with E-state index < -0.39 is 11.7 Å². The number of carbonyl (C=O) groups excluding carboxylic acids is 1. The third-order valence-corrected chi connectivity index (χ3v) is 3.71. The van der Waals surface area contributed by atoms with Gasteiger partial charge in [0, 0.05) is 12.1 Å². The van der Waals surface area contributed by atoms with Crippen LogP contribution in [0.3, 0.4) is 0 Å². The van der Waals surface area contributed by atoms with Crippen molar-refractivity contribution in [2.75, 3.05) is 6.54 Å². The molecule has 1 heterocycles. The number of rotatable bonds is 7. The highest BCUT2D eigenvalue weighted by molar-refractivity contribution is 5.94. The van der Waals surface area contributed by atoms with E-state index in [1.165, 1.54) is 30.7 Å². The Morgan fingerprint density at radius 1 is 1.15 bits per heavy atom. The van der Waals surface area contributed by atoms with E-state index in [4.69, 9.17) is 10.5 Å². The second-order valence-corrected chi connectivity index (χ2v) is 5.64. The van der Waals surface area contributed by atoms with Gasteiger partial charge in [-0.15, -0.1) is 0 Å². The monoisotopic (exact) mass is 355 g/mol. The van der Waals surface area contributed by atoms with E-state index in [9.17, 15) is 9.18 Å². The number of ether oxygens (including phenoxy) is 1. The van der Waals surface area contributed by atoms with Crippen LogP contribution in [0.1, 0.15) is 21.5 Å². The summed E-state index contributed by atoms with van der Waals surface area (Å²) < 4.78 is 24.4. The SMILES string of the molecule is NCCc1ccc(Oc2ccc(F)c(C(=O)NCc3cnoc3)c2)cc1. The Morgan fingerprint density at radius 2 is 1.92 bits per heavy atom. The first kappa shape index (κ1) is 17.6. The number of carbonyl (C=O) groups is 1. The van der Waals surface area contributed by atoms with Crippen LogP contribution in [0.2, 0.25) is 0 Å². The van der Waals surface area contributed by atoms with E-state index in [-0.39, 0.29) is 12.1 Å². The first-order chi connectivity index (χ1) is 12.7. The van der Waals surface area contributed by atoms with Gasteiger partial charge < -0.3 is 20.3 Å². The highest BCUT2D eigenvalue weighted by Gasteiger charge is 2.13. The Kier molecular flexibility index (Phi) is 5.60. The van der Waals surface area contributed by atoms with Crippen LogP contribution in [-0.2, 0) is 13.0 Å². The van der Waals surface area contributed by atoms with Gasteiger partial charge in [0.2, 0.25) is 0 Å². The maximum absolute atomic E-state index is 14.0. The molecule has 0 fully saturated rings. The van der Waals surface area contributed by atoms with Gasteiger partial charge >= 0.3 is 0 Å². The normalized spacial score (nSPS) is 10.5. The van der Waals surface area contributed by atoms with Crippen molar-refractivity contribution in [3.8, 4) is 11.5 Å². The Bertz CT molecular complexity index is 864. The van der Waals surface area contributed by atoms with Gasteiger partial charge in [-0.2, -0.15) is 0 Å². The summed E-state index contributed by atoms with van der Waals surface area (Å²) in [5.41, 5.74) is 7.21. The van der Waals surface area contributed by atoms with E-state index in [1.54, 1.807) is 12.1 Å². The average Bonchev–Trinajstić information content (AvgIpc) is 3.17. The van der Waals surface area contributed by atoms with Gasteiger partial charge in [-0.1, -0.05) is 17.3 Å². The molecule has 3 rings (SSSR count). The minimum Gasteiger partial charge on any atom is -0.457 e. The molecule has 0 spiro atoms. The van der Waals surface area contributed by atoms with E-state index in [1.807, 2.05) is 12.1 Å². The number of amides is 1. The molecule has 26 heavy (non-hydrogen) atoms. The third kappa shape index (κ3) is 4.46. The smallest absolute Gasteiger partial charge is 0.254 e. The van der Waals surface area contributed by atoms with Gasteiger partial charge in [0.1, 0.15) is 23.6 Å². The van der Waals surface area contributed by atoms with Crippen LogP contribution in [0.5, 0.6) is 11.5 Å². The number of nitrogens with one attached hydrogen (secondary N) is 1. The predicted molar refractivity (Wildman–Crippen MR) is 93.3 cm³/mol. The number of benzene rings is 2. The zero-order valence-corrected chi connectivity index (χ0v) is 13.9. The number of halogens is 1. The summed E-state index contributed by atoms with van der Waals surface area (Å²) in [6, 6.07) is 11.5. The lowest BCUT2D eigenvalue weighted by atomic mass is 10.1. The first-order valence-electron chi connectivity index (χ1n) is 8.08. The zero-order chi connectivity index (χ0) is 18.4. The van der Waals surface area contributed by atoms with E-state index in [0.29, 0.717) is 23.6 Å². The fourth-order valence-corrected chi connectivity index (χ4v) is 2.36. The molecule has 7 heteroatoms. The molecule has 0 saturated heterocycles. The van der Waals surface area contributed by atoms with Gasteiger partial charge in [0.15, 0.2) is 0 Å². The molecule has 6 nitrogen and oxygen atoms in total.